The summed E-state index contributed by atoms with van der Waals surface area (Å²) in [5.74, 6) is 0.0341. The maximum absolute atomic E-state index is 12.6. The van der Waals surface area contributed by atoms with Crippen LogP contribution in [0.4, 0.5) is 11.4 Å². The van der Waals surface area contributed by atoms with Gasteiger partial charge in [0.25, 0.3) is 15.9 Å². The number of nitrogens with zero attached hydrogens (tertiary/aromatic N) is 1. The Labute approximate surface area is 185 Å². The quantitative estimate of drug-likeness (QED) is 0.528. The molecule has 2 N–H and O–H groups in total. The predicted molar refractivity (Wildman–Crippen MR) is 119 cm³/mol. The zero-order valence-corrected chi connectivity index (χ0v) is 17.8. The van der Waals surface area contributed by atoms with E-state index >= 15 is 0 Å². The van der Waals surface area contributed by atoms with Gasteiger partial charge in [0.2, 0.25) is 0 Å². The molecule has 0 aliphatic rings. The molecule has 0 radical (unpaired) electrons. The highest BCUT2D eigenvalue weighted by Gasteiger charge is 2.16. The van der Waals surface area contributed by atoms with Gasteiger partial charge in [-0.2, -0.15) is 5.26 Å². The molecular weight excluding hydrogens is 438 g/mol. The number of anilines is 2. The van der Waals surface area contributed by atoms with Crippen LogP contribution < -0.4 is 14.8 Å². The average Bonchev–Trinajstić information content (AvgIpc) is 2.75. The van der Waals surface area contributed by atoms with E-state index in [4.69, 9.17) is 21.6 Å². The summed E-state index contributed by atoms with van der Waals surface area (Å²) in [7, 11) is -3.90. The summed E-state index contributed by atoms with van der Waals surface area (Å²) in [5.41, 5.74) is 1.41. The number of amides is 1. The van der Waals surface area contributed by atoms with Crippen LogP contribution in [0.3, 0.4) is 0 Å². The number of rotatable bonds is 8. The number of hydrogen-bond donors (Lipinski definition) is 2. The Morgan fingerprint density at radius 2 is 1.77 bits per heavy atom. The number of halogens is 1. The van der Waals surface area contributed by atoms with Crippen molar-refractivity contribution in [1.82, 2.24) is 0 Å². The summed E-state index contributed by atoms with van der Waals surface area (Å²) in [4.78, 5) is 12.2. The van der Waals surface area contributed by atoms with Crippen LogP contribution in [0.1, 0.15) is 5.56 Å². The van der Waals surface area contributed by atoms with E-state index in [9.17, 15) is 13.2 Å². The lowest BCUT2D eigenvalue weighted by Crippen LogP contribution is -2.20. The molecule has 7 nitrogen and oxygen atoms in total. The average molecular weight is 456 g/mol. The fraction of sp³-hybridized carbons (Fsp3) is 0.0909. The molecule has 0 heterocycles. The second-order valence-corrected chi connectivity index (χ2v) is 8.52. The molecule has 3 rings (SSSR count). The molecule has 0 saturated heterocycles. The van der Waals surface area contributed by atoms with Crippen molar-refractivity contribution in [2.24, 2.45) is 0 Å². The van der Waals surface area contributed by atoms with E-state index in [1.165, 1.54) is 18.2 Å². The molecule has 0 aliphatic carbocycles. The van der Waals surface area contributed by atoms with E-state index in [0.29, 0.717) is 17.9 Å². The number of nitrogens with one attached hydrogen (secondary N) is 2. The molecular formula is C22H18ClN3O4S. The molecule has 0 bridgehead atoms. The van der Waals surface area contributed by atoms with Crippen molar-refractivity contribution in [3.8, 4) is 11.8 Å². The number of carbonyl (C=O) groups excluding carboxylic acids is 1. The first-order chi connectivity index (χ1) is 14.9. The fourth-order valence-electron chi connectivity index (χ4n) is 2.63. The molecule has 0 spiro atoms. The summed E-state index contributed by atoms with van der Waals surface area (Å²) < 4.78 is 33.1. The summed E-state index contributed by atoms with van der Waals surface area (Å²) in [6.45, 7) is -0.257. The molecule has 158 valence electrons. The van der Waals surface area contributed by atoms with Crippen molar-refractivity contribution >= 4 is 38.9 Å². The fourth-order valence-corrected chi connectivity index (χ4v) is 3.99. The molecule has 9 heteroatoms. The highest BCUT2D eigenvalue weighted by atomic mass is 35.5. The molecule has 0 fully saturated rings. The van der Waals surface area contributed by atoms with Crippen molar-refractivity contribution in [3.05, 3.63) is 83.4 Å². The Balaban J connectivity index is 1.62. The zero-order valence-electron chi connectivity index (χ0n) is 16.2. The summed E-state index contributed by atoms with van der Waals surface area (Å²) in [6, 6.07) is 21.2. The second kappa shape index (κ2) is 9.98. The highest BCUT2D eigenvalue weighted by Crippen LogP contribution is 2.25. The molecule has 0 saturated carbocycles. The first-order valence-electron chi connectivity index (χ1n) is 9.13. The van der Waals surface area contributed by atoms with Crippen molar-refractivity contribution < 1.29 is 17.9 Å². The van der Waals surface area contributed by atoms with Crippen LogP contribution in [0.5, 0.6) is 5.75 Å². The van der Waals surface area contributed by atoms with Gasteiger partial charge in [0.1, 0.15) is 5.75 Å². The molecule has 0 unspecified atom stereocenters. The van der Waals surface area contributed by atoms with Gasteiger partial charge in [-0.3, -0.25) is 9.52 Å². The SMILES string of the molecule is N#CCc1ccc(OCC(=O)Nc2cccc(S(=O)(=O)Nc3ccccc3Cl)c2)cc1. The summed E-state index contributed by atoms with van der Waals surface area (Å²) in [5, 5.41) is 11.6. The van der Waals surface area contributed by atoms with Gasteiger partial charge in [-0.25, -0.2) is 8.42 Å². The number of hydrogen-bond acceptors (Lipinski definition) is 5. The Hall–Kier alpha value is -3.54. The number of sulfonamides is 1. The van der Waals surface area contributed by atoms with Crippen LogP contribution >= 0.6 is 11.6 Å². The third-order valence-electron chi connectivity index (χ3n) is 4.12. The van der Waals surface area contributed by atoms with Crippen LogP contribution in [-0.4, -0.2) is 20.9 Å². The van der Waals surface area contributed by atoms with Gasteiger partial charge >= 0.3 is 0 Å². The molecule has 3 aromatic rings. The molecule has 0 atom stereocenters. The van der Waals surface area contributed by atoms with Crippen LogP contribution in [-0.2, 0) is 21.2 Å². The highest BCUT2D eigenvalue weighted by molar-refractivity contribution is 7.92. The molecule has 3 aromatic carbocycles. The molecule has 31 heavy (non-hydrogen) atoms. The van der Waals surface area contributed by atoms with Gasteiger partial charge in [-0.1, -0.05) is 41.9 Å². The lowest BCUT2D eigenvalue weighted by molar-refractivity contribution is -0.118. The number of para-hydroxylation sites is 1. The van der Waals surface area contributed by atoms with E-state index in [1.54, 1.807) is 54.6 Å². The van der Waals surface area contributed by atoms with Gasteiger partial charge in [0.05, 0.1) is 28.1 Å². The Kier molecular flexibility index (Phi) is 7.13. The minimum atomic E-state index is -3.90. The second-order valence-electron chi connectivity index (χ2n) is 6.43. The largest absolute Gasteiger partial charge is 0.484 e. The lowest BCUT2D eigenvalue weighted by atomic mass is 10.2. The van der Waals surface area contributed by atoms with Gasteiger partial charge in [0, 0.05) is 5.69 Å². The molecule has 1 amide bonds. The first-order valence-corrected chi connectivity index (χ1v) is 11.0. The first kappa shape index (κ1) is 22.2. The van der Waals surface area contributed by atoms with Crippen molar-refractivity contribution in [1.29, 1.82) is 5.26 Å². The van der Waals surface area contributed by atoms with E-state index in [-0.39, 0.29) is 22.2 Å². The standard InChI is InChI=1S/C22H18ClN3O4S/c23-20-6-1-2-7-21(20)26-31(28,29)19-5-3-4-17(14-19)25-22(27)15-30-18-10-8-16(9-11-18)12-13-24/h1-11,14,26H,12,15H2,(H,25,27). The monoisotopic (exact) mass is 455 g/mol. The van der Waals surface area contributed by atoms with Gasteiger partial charge in [-0.05, 0) is 48.0 Å². The van der Waals surface area contributed by atoms with Crippen molar-refractivity contribution in [3.63, 3.8) is 0 Å². The minimum absolute atomic E-state index is 0.0285. The number of carbonyl (C=O) groups is 1. The van der Waals surface area contributed by atoms with Crippen LogP contribution in [0.25, 0.3) is 0 Å². The topological polar surface area (TPSA) is 108 Å². The number of ether oxygens (including phenoxy) is 1. The van der Waals surface area contributed by atoms with Crippen LogP contribution in [0, 0.1) is 11.3 Å². The number of benzene rings is 3. The van der Waals surface area contributed by atoms with E-state index in [2.05, 4.69) is 16.1 Å². The third-order valence-corrected chi connectivity index (χ3v) is 5.82. The maximum atomic E-state index is 12.6. The van der Waals surface area contributed by atoms with Gasteiger partial charge in [0.15, 0.2) is 6.61 Å². The Bertz CT molecular complexity index is 1220. The maximum Gasteiger partial charge on any atom is 0.262 e. The normalized spacial score (nSPS) is 10.7. The summed E-state index contributed by atoms with van der Waals surface area (Å²) in [6.07, 6.45) is 0.297. The smallest absolute Gasteiger partial charge is 0.262 e. The lowest BCUT2D eigenvalue weighted by Gasteiger charge is -2.11. The number of nitriles is 1. The predicted octanol–water partition coefficient (Wildman–Crippen LogP) is 4.22. The van der Waals surface area contributed by atoms with Gasteiger partial charge in [-0.15, -0.1) is 0 Å². The molecule has 0 aliphatic heterocycles. The van der Waals surface area contributed by atoms with Gasteiger partial charge < -0.3 is 10.1 Å². The van der Waals surface area contributed by atoms with E-state index in [0.717, 1.165) is 5.56 Å². The summed E-state index contributed by atoms with van der Waals surface area (Å²) >= 11 is 6.02. The van der Waals surface area contributed by atoms with Crippen molar-refractivity contribution in [2.45, 2.75) is 11.3 Å². The molecule has 0 aromatic heterocycles. The Morgan fingerprint density at radius 1 is 1.03 bits per heavy atom. The minimum Gasteiger partial charge on any atom is -0.484 e. The zero-order chi connectivity index (χ0) is 22.3. The van der Waals surface area contributed by atoms with Crippen molar-refractivity contribution in [2.75, 3.05) is 16.6 Å². The van der Waals surface area contributed by atoms with Crippen LogP contribution in [0.15, 0.2) is 77.7 Å². The van der Waals surface area contributed by atoms with E-state index in [1.807, 2.05) is 0 Å². The Morgan fingerprint density at radius 3 is 2.48 bits per heavy atom. The third kappa shape index (κ3) is 6.22. The van der Waals surface area contributed by atoms with Crippen LogP contribution in [0.2, 0.25) is 5.02 Å². The van der Waals surface area contributed by atoms with E-state index < -0.39 is 15.9 Å².